The van der Waals surface area contributed by atoms with Crippen molar-refractivity contribution in [3.63, 3.8) is 0 Å². The molecule has 3 N–H and O–H groups in total. The standard InChI is InChI=1S/C13H17FN4O3/c1-17-6-2-3-8(17)7-16-13(19)11-9(14)4-5-10(12(11)15)18(20)21/h4-5,8H,2-3,6-7,15H2,1H3,(H,16,19). The maximum absolute atomic E-state index is 13.7. The van der Waals surface area contributed by atoms with Gasteiger partial charge in [-0.25, -0.2) is 4.39 Å². The molecule has 0 bridgehead atoms. The zero-order chi connectivity index (χ0) is 15.6. The van der Waals surface area contributed by atoms with E-state index < -0.39 is 33.6 Å². The monoisotopic (exact) mass is 296 g/mol. The summed E-state index contributed by atoms with van der Waals surface area (Å²) in [5.41, 5.74) is 4.16. The van der Waals surface area contributed by atoms with Gasteiger partial charge in [0.05, 0.1) is 4.92 Å². The Morgan fingerprint density at radius 1 is 1.62 bits per heavy atom. The van der Waals surface area contributed by atoms with Crippen LogP contribution in [-0.4, -0.2) is 41.9 Å². The third-order valence-corrected chi connectivity index (χ3v) is 3.77. The SMILES string of the molecule is CN1CCCC1CNC(=O)c1c(F)ccc([N+](=O)[O-])c1N. The number of nitro benzene ring substituents is 1. The fraction of sp³-hybridized carbons (Fsp3) is 0.462. The first-order chi connectivity index (χ1) is 9.91. The number of nitrogens with one attached hydrogen (secondary N) is 1. The lowest BCUT2D eigenvalue weighted by Gasteiger charge is -2.19. The number of halogens is 1. The Morgan fingerprint density at radius 2 is 2.33 bits per heavy atom. The summed E-state index contributed by atoms with van der Waals surface area (Å²) in [5, 5.41) is 13.4. The third kappa shape index (κ3) is 3.10. The number of likely N-dealkylation sites (tertiary alicyclic amines) is 1. The molecular weight excluding hydrogens is 279 g/mol. The van der Waals surface area contributed by atoms with Crippen LogP contribution in [0.3, 0.4) is 0 Å². The van der Waals surface area contributed by atoms with Crippen LogP contribution in [0, 0.1) is 15.9 Å². The molecular formula is C13H17FN4O3. The maximum Gasteiger partial charge on any atom is 0.293 e. The number of nitrogens with zero attached hydrogens (tertiary/aromatic N) is 2. The molecule has 1 aliphatic rings. The highest BCUT2D eigenvalue weighted by molar-refractivity contribution is 6.01. The highest BCUT2D eigenvalue weighted by Gasteiger charge is 2.26. The van der Waals surface area contributed by atoms with Crippen molar-refractivity contribution in [3.05, 3.63) is 33.6 Å². The van der Waals surface area contributed by atoms with Crippen LogP contribution < -0.4 is 11.1 Å². The summed E-state index contributed by atoms with van der Waals surface area (Å²) in [7, 11) is 1.95. The van der Waals surface area contributed by atoms with Gasteiger partial charge in [0.15, 0.2) is 0 Å². The lowest BCUT2D eigenvalue weighted by molar-refractivity contribution is -0.384. The minimum absolute atomic E-state index is 0.192. The molecule has 1 unspecified atom stereocenters. The number of amides is 1. The van der Waals surface area contributed by atoms with Crippen molar-refractivity contribution in [2.45, 2.75) is 18.9 Å². The molecule has 1 aromatic carbocycles. The second-order valence-corrected chi connectivity index (χ2v) is 5.10. The van der Waals surface area contributed by atoms with Crippen LogP contribution in [0.2, 0.25) is 0 Å². The Hall–Kier alpha value is -2.22. The molecule has 0 radical (unpaired) electrons. The number of carbonyl (C=O) groups is 1. The largest absolute Gasteiger partial charge is 0.392 e. The van der Waals surface area contributed by atoms with Crippen molar-refractivity contribution in [1.29, 1.82) is 0 Å². The van der Waals surface area contributed by atoms with Crippen LogP contribution in [0.1, 0.15) is 23.2 Å². The van der Waals surface area contributed by atoms with E-state index >= 15 is 0 Å². The summed E-state index contributed by atoms with van der Waals surface area (Å²) in [6.45, 7) is 1.31. The van der Waals surface area contributed by atoms with Crippen LogP contribution >= 0.6 is 0 Å². The Bertz CT molecular complexity index is 579. The van der Waals surface area contributed by atoms with Gasteiger partial charge in [-0.2, -0.15) is 0 Å². The fourth-order valence-electron chi connectivity index (χ4n) is 2.51. The van der Waals surface area contributed by atoms with Crippen molar-refractivity contribution < 1.29 is 14.1 Å². The molecule has 8 heteroatoms. The van der Waals surface area contributed by atoms with E-state index in [-0.39, 0.29) is 6.04 Å². The minimum atomic E-state index is -0.865. The number of benzene rings is 1. The molecule has 0 spiro atoms. The maximum atomic E-state index is 13.7. The quantitative estimate of drug-likeness (QED) is 0.493. The van der Waals surface area contributed by atoms with Crippen molar-refractivity contribution in [2.24, 2.45) is 0 Å². The van der Waals surface area contributed by atoms with Gasteiger partial charge in [0.1, 0.15) is 17.1 Å². The summed E-state index contributed by atoms with van der Waals surface area (Å²) in [6.07, 6.45) is 1.99. The average molecular weight is 296 g/mol. The van der Waals surface area contributed by atoms with E-state index in [1.165, 1.54) is 0 Å². The van der Waals surface area contributed by atoms with Gasteiger partial charge in [-0.1, -0.05) is 0 Å². The number of rotatable bonds is 4. The smallest absolute Gasteiger partial charge is 0.293 e. The number of nitro groups is 1. The molecule has 1 saturated heterocycles. The highest BCUT2D eigenvalue weighted by atomic mass is 19.1. The Balaban J connectivity index is 2.15. The summed E-state index contributed by atoms with van der Waals surface area (Å²) in [4.78, 5) is 24.2. The van der Waals surface area contributed by atoms with Crippen molar-refractivity contribution in [2.75, 3.05) is 25.9 Å². The van der Waals surface area contributed by atoms with Crippen LogP contribution in [0.4, 0.5) is 15.8 Å². The van der Waals surface area contributed by atoms with E-state index in [1.54, 1.807) is 0 Å². The molecule has 21 heavy (non-hydrogen) atoms. The second kappa shape index (κ2) is 6.04. The van der Waals surface area contributed by atoms with E-state index in [9.17, 15) is 19.3 Å². The second-order valence-electron chi connectivity index (χ2n) is 5.10. The van der Waals surface area contributed by atoms with Gasteiger partial charge in [0, 0.05) is 18.7 Å². The molecule has 1 heterocycles. The van der Waals surface area contributed by atoms with Crippen LogP contribution in [-0.2, 0) is 0 Å². The van der Waals surface area contributed by atoms with E-state index in [4.69, 9.17) is 5.73 Å². The van der Waals surface area contributed by atoms with Crippen LogP contribution in [0.15, 0.2) is 12.1 Å². The van der Waals surface area contributed by atoms with Gasteiger partial charge in [-0.3, -0.25) is 14.9 Å². The lowest BCUT2D eigenvalue weighted by atomic mass is 10.1. The molecule has 0 aliphatic carbocycles. The number of likely N-dealkylation sites (N-methyl/N-ethyl adjacent to an activating group) is 1. The molecule has 1 atom stereocenters. The first-order valence-corrected chi connectivity index (χ1v) is 6.62. The highest BCUT2D eigenvalue weighted by Crippen LogP contribution is 2.27. The molecule has 0 saturated carbocycles. The van der Waals surface area contributed by atoms with Crippen molar-refractivity contribution in [3.8, 4) is 0 Å². The van der Waals surface area contributed by atoms with E-state index in [0.29, 0.717) is 6.54 Å². The van der Waals surface area contributed by atoms with E-state index in [0.717, 1.165) is 31.5 Å². The number of anilines is 1. The summed E-state index contributed by atoms with van der Waals surface area (Å²) >= 11 is 0. The first-order valence-electron chi connectivity index (χ1n) is 6.62. The Labute approximate surface area is 121 Å². The number of nitrogens with two attached hydrogens (primary N) is 1. The molecule has 1 aromatic rings. The molecule has 1 aliphatic heterocycles. The van der Waals surface area contributed by atoms with Crippen molar-refractivity contribution in [1.82, 2.24) is 10.2 Å². The zero-order valence-corrected chi connectivity index (χ0v) is 11.6. The average Bonchev–Trinajstić information content (AvgIpc) is 2.81. The summed E-state index contributed by atoms with van der Waals surface area (Å²) in [6, 6.07) is 2.02. The molecule has 1 fully saturated rings. The number of carbonyl (C=O) groups excluding carboxylic acids is 1. The third-order valence-electron chi connectivity index (χ3n) is 3.77. The van der Waals surface area contributed by atoms with E-state index in [1.807, 2.05) is 7.05 Å². The van der Waals surface area contributed by atoms with Crippen LogP contribution in [0.5, 0.6) is 0 Å². The number of nitrogen functional groups attached to an aromatic ring is 1. The van der Waals surface area contributed by atoms with Crippen molar-refractivity contribution >= 4 is 17.3 Å². The van der Waals surface area contributed by atoms with Gasteiger partial charge in [0.2, 0.25) is 0 Å². The Kier molecular flexibility index (Phi) is 4.37. The molecule has 1 amide bonds. The fourth-order valence-corrected chi connectivity index (χ4v) is 2.51. The minimum Gasteiger partial charge on any atom is -0.392 e. The predicted molar refractivity (Wildman–Crippen MR) is 75.5 cm³/mol. The molecule has 0 aromatic heterocycles. The summed E-state index contributed by atoms with van der Waals surface area (Å²) in [5.74, 6) is -1.59. The molecule has 7 nitrogen and oxygen atoms in total. The number of hydrogen-bond acceptors (Lipinski definition) is 5. The van der Waals surface area contributed by atoms with Gasteiger partial charge in [-0.15, -0.1) is 0 Å². The number of hydrogen-bond donors (Lipinski definition) is 2. The van der Waals surface area contributed by atoms with Gasteiger partial charge in [0.25, 0.3) is 11.6 Å². The molecule has 2 rings (SSSR count). The van der Waals surface area contributed by atoms with Gasteiger partial charge in [-0.05, 0) is 32.5 Å². The van der Waals surface area contributed by atoms with Gasteiger partial charge >= 0.3 is 0 Å². The molecule has 114 valence electrons. The first kappa shape index (κ1) is 15.2. The van der Waals surface area contributed by atoms with E-state index in [2.05, 4.69) is 10.2 Å². The lowest BCUT2D eigenvalue weighted by Crippen LogP contribution is -2.38. The zero-order valence-electron chi connectivity index (χ0n) is 11.6. The Morgan fingerprint density at radius 3 is 2.90 bits per heavy atom. The predicted octanol–water partition coefficient (Wildman–Crippen LogP) is 1.14. The normalized spacial score (nSPS) is 18.7. The summed E-state index contributed by atoms with van der Waals surface area (Å²) < 4.78 is 13.7. The van der Waals surface area contributed by atoms with Gasteiger partial charge < -0.3 is 16.0 Å². The topological polar surface area (TPSA) is 102 Å². The van der Waals surface area contributed by atoms with Crippen LogP contribution in [0.25, 0.3) is 0 Å².